The van der Waals surface area contributed by atoms with Gasteiger partial charge in [-0.25, -0.2) is 0 Å². The third-order valence-corrected chi connectivity index (χ3v) is 1.99. The Labute approximate surface area is 81.7 Å². The average Bonchev–Trinajstić information content (AvgIpc) is 2.10. The van der Waals surface area contributed by atoms with Crippen molar-refractivity contribution in [2.75, 3.05) is 19.5 Å². The first-order valence-electron chi connectivity index (χ1n) is 3.77. The maximum absolute atomic E-state index is 10.5. The van der Waals surface area contributed by atoms with Crippen LogP contribution in [0.3, 0.4) is 0 Å². The Bertz CT molecular complexity index is 249. The molecule has 0 bridgehead atoms. The lowest BCUT2D eigenvalue weighted by atomic mass is 10.1. The van der Waals surface area contributed by atoms with E-state index < -0.39 is 41.6 Å². The lowest BCUT2D eigenvalue weighted by molar-refractivity contribution is -0.0865. The van der Waals surface area contributed by atoms with Gasteiger partial charge >= 0.3 is 0 Å². The number of rotatable bonds is 6. The molecule has 14 heavy (non-hydrogen) atoms. The van der Waals surface area contributed by atoms with Gasteiger partial charge in [0.15, 0.2) is 0 Å². The van der Waals surface area contributed by atoms with Crippen molar-refractivity contribution >= 4 is 10.1 Å². The molecule has 0 unspecified atom stereocenters. The third-order valence-electron chi connectivity index (χ3n) is 1.43. The molecule has 0 aromatic heterocycles. The Morgan fingerprint density at radius 2 is 1.71 bits per heavy atom. The predicted octanol–water partition coefficient (Wildman–Crippen LogP) is -2.96. The molecule has 86 valence electrons. The summed E-state index contributed by atoms with van der Waals surface area (Å²) in [7, 11) is -3.70. The van der Waals surface area contributed by atoms with Crippen molar-refractivity contribution in [1.29, 1.82) is 0 Å². The van der Waals surface area contributed by atoms with Crippen molar-refractivity contribution in [3.05, 3.63) is 0 Å². The Balaban J connectivity index is 4.02. The lowest BCUT2D eigenvalue weighted by Crippen LogP contribution is -2.42. The summed E-state index contributed by atoms with van der Waals surface area (Å²) in [6.07, 6.45) is -3.98. The summed E-state index contributed by atoms with van der Waals surface area (Å²) in [5.41, 5.74) is 0. The highest BCUT2D eigenvalue weighted by Crippen LogP contribution is 2.02. The quantitative estimate of drug-likeness (QED) is 0.359. The van der Waals surface area contributed by atoms with E-state index in [-0.39, 0.29) is 0 Å². The first kappa shape index (κ1) is 13.8. The molecule has 0 aliphatic heterocycles. The zero-order chi connectivity index (χ0) is 11.4. The fourth-order valence-electron chi connectivity index (χ4n) is 0.656. The lowest BCUT2D eigenvalue weighted by Gasteiger charge is -2.20. The maximum Gasteiger partial charge on any atom is 0.264 e. The van der Waals surface area contributed by atoms with E-state index in [0.29, 0.717) is 0 Å². The van der Waals surface area contributed by atoms with Crippen molar-refractivity contribution in [3.63, 3.8) is 0 Å². The molecule has 0 saturated carbocycles. The Morgan fingerprint density at radius 3 is 2.07 bits per heavy atom. The fraction of sp³-hybridized carbons (Fsp3) is 1.00. The van der Waals surface area contributed by atoms with Gasteiger partial charge in [-0.15, -0.1) is 0 Å². The molecule has 8 heteroatoms. The van der Waals surface area contributed by atoms with Gasteiger partial charge < -0.3 is 20.4 Å². The van der Waals surface area contributed by atoms with Crippen LogP contribution in [0.4, 0.5) is 0 Å². The molecule has 7 nitrogen and oxygen atoms in total. The highest BCUT2D eigenvalue weighted by atomic mass is 32.2. The molecule has 0 fully saturated rings. The van der Waals surface area contributed by atoms with E-state index >= 15 is 0 Å². The molecule has 4 N–H and O–H groups in total. The van der Waals surface area contributed by atoms with E-state index in [1.165, 1.54) is 0 Å². The van der Waals surface area contributed by atoms with Gasteiger partial charge in [0.2, 0.25) is 0 Å². The van der Waals surface area contributed by atoms with E-state index in [2.05, 4.69) is 4.18 Å². The van der Waals surface area contributed by atoms with Gasteiger partial charge in [-0.2, -0.15) is 8.42 Å². The minimum absolute atomic E-state index is 0.670. The van der Waals surface area contributed by atoms with Crippen LogP contribution in [0.2, 0.25) is 0 Å². The molecule has 3 atom stereocenters. The Hall–Kier alpha value is -0.250. The minimum Gasteiger partial charge on any atom is -0.394 e. The topological polar surface area (TPSA) is 124 Å². The standard InChI is InChI=1S/C6H14O7S/c1-14(11,12)13-3-5(9)6(10)4(8)2-7/h4-10H,2-3H2,1H3/t4-,5+,6+/m1/s1. The van der Waals surface area contributed by atoms with Crippen molar-refractivity contribution < 1.29 is 33.0 Å². The predicted molar refractivity (Wildman–Crippen MR) is 45.9 cm³/mol. The van der Waals surface area contributed by atoms with E-state index in [4.69, 9.17) is 20.4 Å². The van der Waals surface area contributed by atoms with E-state index in [1.807, 2.05) is 0 Å². The molecule has 0 heterocycles. The second-order valence-corrected chi connectivity index (χ2v) is 4.44. The largest absolute Gasteiger partial charge is 0.394 e. The van der Waals surface area contributed by atoms with Crippen LogP contribution >= 0.6 is 0 Å². The molecule has 0 saturated heterocycles. The van der Waals surface area contributed by atoms with Crippen LogP contribution in [0.1, 0.15) is 0 Å². The number of aliphatic hydroxyl groups excluding tert-OH is 4. The normalized spacial score (nSPS) is 18.9. The van der Waals surface area contributed by atoms with Crippen LogP contribution in [0.5, 0.6) is 0 Å². The molecular formula is C6H14O7S. The van der Waals surface area contributed by atoms with Crippen molar-refractivity contribution in [1.82, 2.24) is 0 Å². The molecule has 0 radical (unpaired) electrons. The number of hydrogen-bond donors (Lipinski definition) is 4. The van der Waals surface area contributed by atoms with Crippen molar-refractivity contribution in [2.24, 2.45) is 0 Å². The molecular weight excluding hydrogens is 216 g/mol. The highest BCUT2D eigenvalue weighted by molar-refractivity contribution is 7.85. The summed E-state index contributed by atoms with van der Waals surface area (Å²) in [6, 6.07) is 0. The van der Waals surface area contributed by atoms with Crippen LogP contribution in [-0.4, -0.2) is 66.6 Å². The summed E-state index contributed by atoms with van der Waals surface area (Å²) >= 11 is 0. The van der Waals surface area contributed by atoms with E-state index in [0.717, 1.165) is 6.26 Å². The second kappa shape index (κ2) is 5.59. The third kappa shape index (κ3) is 5.47. The summed E-state index contributed by atoms with van der Waals surface area (Å²) in [6.45, 7) is -1.41. The summed E-state index contributed by atoms with van der Waals surface area (Å²) in [4.78, 5) is 0. The van der Waals surface area contributed by atoms with Gasteiger partial charge in [0.25, 0.3) is 10.1 Å². The molecule has 0 rings (SSSR count). The van der Waals surface area contributed by atoms with Crippen molar-refractivity contribution in [2.45, 2.75) is 18.3 Å². The summed E-state index contributed by atoms with van der Waals surface area (Å²) < 4.78 is 25.1. The zero-order valence-electron chi connectivity index (χ0n) is 7.57. The molecule has 0 aromatic rings. The Morgan fingerprint density at radius 1 is 1.21 bits per heavy atom. The summed E-state index contributed by atoms with van der Waals surface area (Å²) in [5.74, 6) is 0. The molecule has 0 spiro atoms. The van der Waals surface area contributed by atoms with E-state index in [1.54, 1.807) is 0 Å². The molecule has 0 aromatic carbocycles. The SMILES string of the molecule is CS(=O)(=O)OC[C@H](O)[C@@H](O)[C@H](O)CO. The highest BCUT2D eigenvalue weighted by Gasteiger charge is 2.25. The van der Waals surface area contributed by atoms with Crippen LogP contribution < -0.4 is 0 Å². The average molecular weight is 230 g/mol. The van der Waals surface area contributed by atoms with Gasteiger partial charge in [-0.1, -0.05) is 0 Å². The maximum atomic E-state index is 10.5. The second-order valence-electron chi connectivity index (χ2n) is 2.80. The molecule has 0 aliphatic rings. The van der Waals surface area contributed by atoms with Gasteiger partial charge in [-0.3, -0.25) is 4.18 Å². The van der Waals surface area contributed by atoms with Crippen LogP contribution in [0, 0.1) is 0 Å². The minimum atomic E-state index is -3.70. The fourth-order valence-corrected chi connectivity index (χ4v) is 1.04. The first-order chi connectivity index (χ1) is 6.28. The van der Waals surface area contributed by atoms with Gasteiger partial charge in [0.1, 0.15) is 18.3 Å². The van der Waals surface area contributed by atoms with Gasteiger partial charge in [-0.05, 0) is 0 Å². The van der Waals surface area contributed by atoms with Crippen LogP contribution in [-0.2, 0) is 14.3 Å². The Kier molecular flexibility index (Phi) is 5.49. The number of aliphatic hydroxyl groups is 4. The first-order valence-corrected chi connectivity index (χ1v) is 5.59. The zero-order valence-corrected chi connectivity index (χ0v) is 8.38. The van der Waals surface area contributed by atoms with Crippen molar-refractivity contribution in [3.8, 4) is 0 Å². The smallest absolute Gasteiger partial charge is 0.264 e. The van der Waals surface area contributed by atoms with Gasteiger partial charge in [0.05, 0.1) is 19.5 Å². The van der Waals surface area contributed by atoms with Gasteiger partial charge in [0, 0.05) is 0 Å². The monoisotopic (exact) mass is 230 g/mol. The molecule has 0 amide bonds. The van der Waals surface area contributed by atoms with Crippen LogP contribution in [0.15, 0.2) is 0 Å². The summed E-state index contributed by atoms with van der Waals surface area (Å²) in [5, 5.41) is 35.4. The number of hydrogen-bond acceptors (Lipinski definition) is 7. The molecule has 0 aliphatic carbocycles. The van der Waals surface area contributed by atoms with Crippen LogP contribution in [0.25, 0.3) is 0 Å². The van der Waals surface area contributed by atoms with E-state index in [9.17, 15) is 8.42 Å².